The summed E-state index contributed by atoms with van der Waals surface area (Å²) < 4.78 is 6.18. The van der Waals surface area contributed by atoms with E-state index >= 15 is 0 Å². The van der Waals surface area contributed by atoms with Gasteiger partial charge in [0.05, 0.1) is 5.69 Å². The van der Waals surface area contributed by atoms with Gasteiger partial charge < -0.3 is 15.0 Å². The molecule has 2 N–H and O–H groups in total. The van der Waals surface area contributed by atoms with Crippen LogP contribution in [0.15, 0.2) is 67.0 Å². The molecule has 0 aliphatic carbocycles. The summed E-state index contributed by atoms with van der Waals surface area (Å²) in [6.07, 6.45) is 4.85. The lowest BCUT2D eigenvalue weighted by Crippen LogP contribution is -2.20. The molecule has 0 saturated carbocycles. The number of aromatic amines is 1. The van der Waals surface area contributed by atoms with Crippen LogP contribution in [0.5, 0.6) is 5.75 Å². The van der Waals surface area contributed by atoms with Crippen LogP contribution >= 0.6 is 0 Å². The molecule has 5 nitrogen and oxygen atoms in total. The van der Waals surface area contributed by atoms with Crippen LogP contribution in [0, 0.1) is 6.92 Å². The standard InChI is InChI=1S/C26H26N4O/c1-17-14-21(31-18(2)19-6-4-3-5-7-19)8-9-22(17)24-15-23-25(20-10-12-27-13-11-20)28-16-29-26(23)30-24/h3-10,14-16,18,27H,11-13H2,1-2H3,(H,28,29,30)/t18-/m1/s1. The average molecular weight is 411 g/mol. The molecule has 0 radical (unpaired) electrons. The SMILES string of the molecule is Cc1cc(O[C@H](C)c2ccccc2)ccc1-c1cc2c(C3=CCNCC3)ncnc2[nH]1. The van der Waals surface area contributed by atoms with E-state index in [-0.39, 0.29) is 6.10 Å². The van der Waals surface area contributed by atoms with Crippen molar-refractivity contribution in [2.45, 2.75) is 26.4 Å². The molecule has 3 heterocycles. The lowest BCUT2D eigenvalue weighted by molar-refractivity contribution is 0.227. The molecule has 1 atom stereocenters. The van der Waals surface area contributed by atoms with Crippen molar-refractivity contribution in [3.63, 3.8) is 0 Å². The number of aryl methyl sites for hydroxylation is 1. The molecule has 1 aliphatic heterocycles. The van der Waals surface area contributed by atoms with Crippen molar-refractivity contribution < 1.29 is 4.74 Å². The monoisotopic (exact) mass is 410 g/mol. The van der Waals surface area contributed by atoms with Gasteiger partial charge in [0, 0.05) is 23.2 Å². The summed E-state index contributed by atoms with van der Waals surface area (Å²) in [5, 5.41) is 4.43. The molecule has 0 fully saturated rings. The van der Waals surface area contributed by atoms with E-state index in [4.69, 9.17) is 4.74 Å². The largest absolute Gasteiger partial charge is 0.486 e. The number of hydrogen-bond acceptors (Lipinski definition) is 4. The number of ether oxygens (including phenoxy) is 1. The zero-order valence-electron chi connectivity index (χ0n) is 17.9. The van der Waals surface area contributed by atoms with E-state index in [0.717, 1.165) is 64.4 Å². The fourth-order valence-corrected chi connectivity index (χ4v) is 4.19. The van der Waals surface area contributed by atoms with E-state index in [0.29, 0.717) is 0 Å². The molecule has 0 bridgehead atoms. The summed E-state index contributed by atoms with van der Waals surface area (Å²) in [6, 6.07) is 18.7. The maximum Gasteiger partial charge on any atom is 0.141 e. The molecule has 2 aromatic heterocycles. The van der Waals surface area contributed by atoms with Gasteiger partial charge in [-0.25, -0.2) is 9.97 Å². The van der Waals surface area contributed by atoms with Gasteiger partial charge in [0.2, 0.25) is 0 Å². The first-order valence-corrected chi connectivity index (χ1v) is 10.8. The lowest BCUT2D eigenvalue weighted by atomic mass is 10.0. The minimum Gasteiger partial charge on any atom is -0.486 e. The second-order valence-corrected chi connectivity index (χ2v) is 8.00. The van der Waals surface area contributed by atoms with Gasteiger partial charge in [-0.1, -0.05) is 36.4 Å². The van der Waals surface area contributed by atoms with Crippen LogP contribution in [0.4, 0.5) is 0 Å². The number of nitrogens with zero attached hydrogens (tertiary/aromatic N) is 2. The Bertz CT molecular complexity index is 1240. The van der Waals surface area contributed by atoms with E-state index in [2.05, 4.69) is 70.5 Å². The average Bonchev–Trinajstić information content (AvgIpc) is 3.24. The normalized spacial score (nSPS) is 15.0. The highest BCUT2D eigenvalue weighted by atomic mass is 16.5. The molecule has 0 spiro atoms. The molecule has 5 heteroatoms. The Balaban J connectivity index is 1.44. The second-order valence-electron chi connectivity index (χ2n) is 8.00. The van der Waals surface area contributed by atoms with Crippen LogP contribution in [-0.4, -0.2) is 28.0 Å². The third-order valence-electron chi connectivity index (χ3n) is 5.86. The lowest BCUT2D eigenvalue weighted by Gasteiger charge is -2.16. The van der Waals surface area contributed by atoms with Crippen LogP contribution in [0.2, 0.25) is 0 Å². The van der Waals surface area contributed by atoms with Gasteiger partial charge in [-0.05, 0) is 67.8 Å². The van der Waals surface area contributed by atoms with Crippen LogP contribution in [-0.2, 0) is 0 Å². The Morgan fingerprint density at radius 2 is 1.90 bits per heavy atom. The molecule has 0 saturated heterocycles. The fraction of sp³-hybridized carbons (Fsp3) is 0.231. The summed E-state index contributed by atoms with van der Waals surface area (Å²) in [4.78, 5) is 12.5. The van der Waals surface area contributed by atoms with Gasteiger partial charge in [0.15, 0.2) is 0 Å². The molecular weight excluding hydrogens is 384 g/mol. The third kappa shape index (κ3) is 3.97. The van der Waals surface area contributed by atoms with Gasteiger partial charge in [-0.3, -0.25) is 0 Å². The van der Waals surface area contributed by atoms with Crippen molar-refractivity contribution in [1.82, 2.24) is 20.3 Å². The molecule has 0 unspecified atom stereocenters. The Morgan fingerprint density at radius 1 is 1.03 bits per heavy atom. The number of rotatable bonds is 5. The van der Waals surface area contributed by atoms with Crippen LogP contribution in [0.3, 0.4) is 0 Å². The van der Waals surface area contributed by atoms with Gasteiger partial charge in [-0.2, -0.15) is 0 Å². The molecular formula is C26H26N4O. The predicted molar refractivity (Wildman–Crippen MR) is 125 cm³/mol. The van der Waals surface area contributed by atoms with Gasteiger partial charge in [0.1, 0.15) is 23.8 Å². The number of benzene rings is 2. The quantitative estimate of drug-likeness (QED) is 0.459. The molecule has 0 amide bonds. The maximum atomic E-state index is 6.18. The Hall–Kier alpha value is -3.44. The second kappa shape index (κ2) is 8.36. The number of aromatic nitrogens is 3. The van der Waals surface area contributed by atoms with Gasteiger partial charge in [-0.15, -0.1) is 0 Å². The zero-order valence-corrected chi connectivity index (χ0v) is 17.9. The van der Waals surface area contributed by atoms with Crippen molar-refractivity contribution >= 4 is 16.6 Å². The van der Waals surface area contributed by atoms with Crippen molar-refractivity contribution in [2.75, 3.05) is 13.1 Å². The summed E-state index contributed by atoms with van der Waals surface area (Å²) in [5.41, 5.74) is 7.69. The number of nitrogens with one attached hydrogen (secondary N) is 2. The maximum absolute atomic E-state index is 6.18. The molecule has 2 aromatic carbocycles. The summed E-state index contributed by atoms with van der Waals surface area (Å²) in [6.45, 7) is 6.06. The zero-order chi connectivity index (χ0) is 21.2. The predicted octanol–water partition coefficient (Wildman–Crippen LogP) is 5.45. The Kier molecular flexibility index (Phi) is 5.26. The minimum atomic E-state index is -0.00406. The molecule has 5 rings (SSSR count). The van der Waals surface area contributed by atoms with E-state index in [9.17, 15) is 0 Å². The van der Waals surface area contributed by atoms with Crippen LogP contribution in [0.1, 0.15) is 36.3 Å². The Morgan fingerprint density at radius 3 is 2.68 bits per heavy atom. The van der Waals surface area contributed by atoms with Crippen molar-refractivity contribution in [3.8, 4) is 17.0 Å². The minimum absolute atomic E-state index is 0.00406. The molecule has 31 heavy (non-hydrogen) atoms. The van der Waals surface area contributed by atoms with E-state index in [1.807, 2.05) is 24.3 Å². The fourth-order valence-electron chi connectivity index (χ4n) is 4.19. The number of H-pyrrole nitrogens is 1. The van der Waals surface area contributed by atoms with E-state index in [1.165, 1.54) is 5.57 Å². The smallest absolute Gasteiger partial charge is 0.141 e. The highest BCUT2D eigenvalue weighted by Crippen LogP contribution is 2.33. The van der Waals surface area contributed by atoms with Crippen molar-refractivity contribution in [3.05, 3.63) is 83.8 Å². The first kappa shape index (κ1) is 19.5. The van der Waals surface area contributed by atoms with E-state index < -0.39 is 0 Å². The Labute approximate surface area is 182 Å². The number of hydrogen-bond donors (Lipinski definition) is 2. The number of fused-ring (bicyclic) bond motifs is 1. The summed E-state index contributed by atoms with van der Waals surface area (Å²) in [5.74, 6) is 0.869. The van der Waals surface area contributed by atoms with Gasteiger partial charge in [0.25, 0.3) is 0 Å². The van der Waals surface area contributed by atoms with Crippen LogP contribution < -0.4 is 10.1 Å². The van der Waals surface area contributed by atoms with Gasteiger partial charge >= 0.3 is 0 Å². The molecule has 156 valence electrons. The van der Waals surface area contributed by atoms with Crippen molar-refractivity contribution in [2.24, 2.45) is 0 Å². The highest BCUT2D eigenvalue weighted by molar-refractivity contribution is 5.92. The topological polar surface area (TPSA) is 62.8 Å². The molecule has 4 aromatic rings. The summed E-state index contributed by atoms with van der Waals surface area (Å²) in [7, 11) is 0. The van der Waals surface area contributed by atoms with E-state index in [1.54, 1.807) is 6.33 Å². The first-order chi connectivity index (χ1) is 15.2. The molecule has 1 aliphatic rings. The van der Waals surface area contributed by atoms with Crippen molar-refractivity contribution in [1.29, 1.82) is 0 Å². The third-order valence-corrected chi connectivity index (χ3v) is 5.86. The first-order valence-electron chi connectivity index (χ1n) is 10.8. The van der Waals surface area contributed by atoms with Crippen LogP contribution in [0.25, 0.3) is 27.9 Å². The highest BCUT2D eigenvalue weighted by Gasteiger charge is 2.15. The summed E-state index contributed by atoms with van der Waals surface area (Å²) >= 11 is 0.